The first-order chi connectivity index (χ1) is 22.2. The van der Waals surface area contributed by atoms with Crippen LogP contribution in [-0.4, -0.2) is 17.1 Å². The number of aromatic nitrogens is 1. The Balaban J connectivity index is 1.56. The number of nitrogens with zero attached hydrogens (tertiary/aromatic N) is 2. The van der Waals surface area contributed by atoms with Crippen LogP contribution >= 0.6 is 73.1 Å². The molecule has 0 fully saturated rings. The minimum absolute atomic E-state index is 0.167. The fourth-order valence-electron chi connectivity index (χ4n) is 5.15. The number of thiazole rings is 1. The van der Waals surface area contributed by atoms with Gasteiger partial charge in [-0.2, -0.15) is 0 Å². The Hall–Kier alpha value is -3.22. The molecule has 1 aliphatic rings. The van der Waals surface area contributed by atoms with Crippen LogP contribution in [0.4, 0.5) is 0 Å². The average Bonchev–Trinajstić information content (AvgIpc) is 3.35. The zero-order valence-corrected chi connectivity index (χ0v) is 30.2. The summed E-state index contributed by atoms with van der Waals surface area (Å²) in [7, 11) is 0. The van der Waals surface area contributed by atoms with Gasteiger partial charge in [0.05, 0.1) is 32.0 Å². The maximum Gasteiger partial charge on any atom is 0.338 e. The molecule has 0 saturated heterocycles. The number of ether oxygens (including phenoxy) is 2. The van der Waals surface area contributed by atoms with Crippen LogP contribution in [0, 0.1) is 3.57 Å². The average molecular weight is 846 g/mol. The van der Waals surface area contributed by atoms with Crippen molar-refractivity contribution < 1.29 is 14.3 Å². The largest absolute Gasteiger partial charge is 0.487 e. The minimum Gasteiger partial charge on any atom is -0.487 e. The highest BCUT2D eigenvalue weighted by Crippen LogP contribution is 2.36. The monoisotopic (exact) mass is 844 g/mol. The number of benzene rings is 4. The van der Waals surface area contributed by atoms with Crippen LogP contribution in [0.15, 0.2) is 111 Å². The van der Waals surface area contributed by atoms with Crippen molar-refractivity contribution in [3.8, 4) is 5.75 Å². The van der Waals surface area contributed by atoms with Gasteiger partial charge in [-0.3, -0.25) is 9.36 Å². The zero-order chi connectivity index (χ0) is 32.4. The first-order valence-corrected chi connectivity index (χ1v) is 17.6. The van der Waals surface area contributed by atoms with Crippen molar-refractivity contribution in [3.63, 3.8) is 0 Å². The standard InChI is InChI=1S/C35H24BrCl2IN2O4S/c1-2-44-34(43)29-30(20-8-4-3-5-9-20)40-35-41(31(29)21-12-14-25(37)15-13-21)33(42)28(46-35)17-23-16-24(36)18-27(39)32(23)45-19-22-10-6-7-11-26(22)38/h3-18,31H,2,19H2,1H3/b28-17-/t31-/m1/s1. The summed E-state index contributed by atoms with van der Waals surface area (Å²) in [5, 5.41) is 1.15. The summed E-state index contributed by atoms with van der Waals surface area (Å²) in [5.74, 6) is 0.0668. The third kappa shape index (κ3) is 6.75. The Labute approximate surface area is 300 Å². The summed E-state index contributed by atoms with van der Waals surface area (Å²) >= 11 is 19.7. The predicted molar refractivity (Wildman–Crippen MR) is 195 cm³/mol. The number of carbonyl (C=O) groups is 1. The summed E-state index contributed by atoms with van der Waals surface area (Å²) in [6, 6.07) is 27.1. The van der Waals surface area contributed by atoms with Crippen molar-refractivity contribution >= 4 is 90.8 Å². The molecule has 0 radical (unpaired) electrons. The van der Waals surface area contributed by atoms with Gasteiger partial charge < -0.3 is 9.47 Å². The Morgan fingerprint density at radius 3 is 2.48 bits per heavy atom. The van der Waals surface area contributed by atoms with Gasteiger partial charge in [-0.15, -0.1) is 0 Å². The summed E-state index contributed by atoms with van der Waals surface area (Å²) in [4.78, 5) is 33.4. The second kappa shape index (κ2) is 14.3. The van der Waals surface area contributed by atoms with Crippen LogP contribution in [0.5, 0.6) is 5.75 Å². The number of fused-ring (bicyclic) bond motifs is 1. The molecule has 0 spiro atoms. The number of carbonyl (C=O) groups excluding carboxylic acids is 1. The van der Waals surface area contributed by atoms with Crippen LogP contribution < -0.4 is 19.6 Å². The lowest BCUT2D eigenvalue weighted by Crippen LogP contribution is -2.40. The maximum atomic E-state index is 14.4. The number of halogens is 4. The zero-order valence-electron chi connectivity index (χ0n) is 24.2. The van der Waals surface area contributed by atoms with E-state index in [4.69, 9.17) is 37.7 Å². The van der Waals surface area contributed by atoms with Crippen LogP contribution in [0.1, 0.15) is 35.2 Å². The molecule has 5 aromatic rings. The van der Waals surface area contributed by atoms with Crippen molar-refractivity contribution in [2.45, 2.75) is 19.6 Å². The molecule has 1 aliphatic heterocycles. The molecular formula is C35H24BrCl2IN2O4S. The lowest BCUT2D eigenvalue weighted by atomic mass is 9.93. The van der Waals surface area contributed by atoms with Crippen LogP contribution in [0.3, 0.4) is 0 Å². The molecule has 46 heavy (non-hydrogen) atoms. The van der Waals surface area contributed by atoms with Crippen LogP contribution in [0.2, 0.25) is 10.0 Å². The third-order valence-corrected chi connectivity index (χ3v) is 10.1. The molecule has 1 atom stereocenters. The highest BCUT2D eigenvalue weighted by molar-refractivity contribution is 14.1. The molecule has 0 aliphatic carbocycles. The summed E-state index contributed by atoms with van der Waals surface area (Å²) in [6.45, 7) is 2.16. The second-order valence-electron chi connectivity index (χ2n) is 10.2. The number of hydrogen-bond donors (Lipinski definition) is 0. The van der Waals surface area contributed by atoms with Gasteiger partial charge in [0.2, 0.25) is 0 Å². The number of rotatable bonds is 8. The Morgan fingerprint density at radius 2 is 1.76 bits per heavy atom. The summed E-state index contributed by atoms with van der Waals surface area (Å²) in [6.07, 6.45) is 1.80. The Morgan fingerprint density at radius 1 is 1.04 bits per heavy atom. The van der Waals surface area contributed by atoms with E-state index in [1.165, 1.54) is 11.3 Å². The lowest BCUT2D eigenvalue weighted by Gasteiger charge is -2.26. The van der Waals surface area contributed by atoms with E-state index in [2.05, 4.69) is 38.5 Å². The van der Waals surface area contributed by atoms with Gasteiger partial charge in [0.15, 0.2) is 4.80 Å². The topological polar surface area (TPSA) is 69.9 Å². The molecule has 0 saturated carbocycles. The molecule has 11 heteroatoms. The van der Waals surface area contributed by atoms with Gasteiger partial charge in [-0.05, 0) is 71.5 Å². The van der Waals surface area contributed by atoms with Crippen molar-refractivity contribution in [2.24, 2.45) is 4.99 Å². The highest BCUT2D eigenvalue weighted by Gasteiger charge is 2.35. The van der Waals surface area contributed by atoms with Crippen molar-refractivity contribution in [3.05, 3.63) is 157 Å². The van der Waals surface area contributed by atoms with Gasteiger partial charge in [0.1, 0.15) is 12.4 Å². The Bertz CT molecular complexity index is 2170. The van der Waals surface area contributed by atoms with Crippen molar-refractivity contribution in [1.82, 2.24) is 4.57 Å². The SMILES string of the molecule is CCOC(=O)C1=C(c2ccccc2)N=c2s/c(=C\c3cc(Br)cc(I)c3OCc3ccccc3Cl)c(=O)n2[C@@H]1c1ccc(Cl)cc1. The normalized spacial score (nSPS) is 14.5. The van der Waals surface area contributed by atoms with E-state index < -0.39 is 12.0 Å². The maximum absolute atomic E-state index is 14.4. The molecule has 0 unspecified atom stereocenters. The molecule has 6 nitrogen and oxygen atoms in total. The van der Waals surface area contributed by atoms with Crippen molar-refractivity contribution in [1.29, 1.82) is 0 Å². The smallest absolute Gasteiger partial charge is 0.338 e. The quantitative estimate of drug-likeness (QED) is 0.117. The van der Waals surface area contributed by atoms with Gasteiger partial charge in [-0.1, -0.05) is 111 Å². The molecule has 232 valence electrons. The van der Waals surface area contributed by atoms with Crippen LogP contribution in [-0.2, 0) is 16.1 Å². The van der Waals surface area contributed by atoms with Gasteiger partial charge in [-0.25, -0.2) is 9.79 Å². The third-order valence-electron chi connectivity index (χ3n) is 7.21. The molecule has 1 aromatic heterocycles. The highest BCUT2D eigenvalue weighted by atomic mass is 127. The van der Waals surface area contributed by atoms with E-state index in [1.54, 1.807) is 29.7 Å². The van der Waals surface area contributed by atoms with E-state index in [0.29, 0.717) is 42.0 Å². The molecule has 6 rings (SSSR count). The number of esters is 1. The van der Waals surface area contributed by atoms with Gasteiger partial charge in [0.25, 0.3) is 5.56 Å². The number of hydrogen-bond acceptors (Lipinski definition) is 6. The first kappa shape index (κ1) is 32.7. The molecular weight excluding hydrogens is 822 g/mol. The van der Waals surface area contributed by atoms with E-state index in [-0.39, 0.29) is 24.3 Å². The lowest BCUT2D eigenvalue weighted by molar-refractivity contribution is -0.138. The fourth-order valence-corrected chi connectivity index (χ4v) is 8.16. The van der Waals surface area contributed by atoms with Crippen molar-refractivity contribution in [2.75, 3.05) is 6.61 Å². The molecule has 4 aromatic carbocycles. The van der Waals surface area contributed by atoms with E-state index in [9.17, 15) is 9.59 Å². The van der Waals surface area contributed by atoms with Gasteiger partial charge in [0, 0.05) is 31.2 Å². The minimum atomic E-state index is -0.802. The fraction of sp³-hybridized carbons (Fsp3) is 0.114. The van der Waals surface area contributed by atoms with E-state index in [0.717, 1.165) is 19.2 Å². The van der Waals surface area contributed by atoms with Crippen LogP contribution in [0.25, 0.3) is 11.8 Å². The summed E-state index contributed by atoms with van der Waals surface area (Å²) < 4.78 is 15.5. The molecule has 0 N–H and O–H groups in total. The predicted octanol–water partition coefficient (Wildman–Crippen LogP) is 8.19. The first-order valence-electron chi connectivity index (χ1n) is 14.1. The van der Waals surface area contributed by atoms with E-state index in [1.807, 2.05) is 78.9 Å². The molecule has 0 bridgehead atoms. The molecule has 2 heterocycles. The molecule has 0 amide bonds. The van der Waals surface area contributed by atoms with Gasteiger partial charge >= 0.3 is 5.97 Å². The Kier molecular flexibility index (Phi) is 10.1. The summed E-state index contributed by atoms with van der Waals surface area (Å²) in [5.41, 5.74) is 3.40. The van der Waals surface area contributed by atoms with E-state index >= 15 is 0 Å². The second-order valence-corrected chi connectivity index (χ2v) is 14.1.